The van der Waals surface area contributed by atoms with Crippen LogP contribution in [-0.2, 0) is 9.59 Å². The number of nitrogens with zero attached hydrogens (tertiary/aromatic N) is 2. The molecule has 1 saturated carbocycles. The van der Waals surface area contributed by atoms with Crippen molar-refractivity contribution in [1.29, 1.82) is 0 Å². The first-order valence-electron chi connectivity index (χ1n) is 10.3. The number of carbonyl (C=O) groups excluding carboxylic acids is 2. The van der Waals surface area contributed by atoms with E-state index >= 15 is 0 Å². The molecule has 2 fully saturated rings. The summed E-state index contributed by atoms with van der Waals surface area (Å²) < 4.78 is 11.4. The maximum atomic E-state index is 12.7. The van der Waals surface area contributed by atoms with Crippen LogP contribution >= 0.6 is 11.3 Å². The summed E-state index contributed by atoms with van der Waals surface area (Å²) in [5.41, 5.74) is 1.89. The third kappa shape index (κ3) is 4.59. The second kappa shape index (κ2) is 8.63. The fraction of sp³-hybridized carbons (Fsp3) is 0.500. The molecule has 4 rings (SSSR count). The van der Waals surface area contributed by atoms with Gasteiger partial charge in [0, 0.05) is 24.3 Å². The Hall–Kier alpha value is -2.61. The summed E-state index contributed by atoms with van der Waals surface area (Å²) in [5.74, 6) is 1.84. The quantitative estimate of drug-likeness (QED) is 0.694. The molecule has 160 valence electrons. The van der Waals surface area contributed by atoms with Gasteiger partial charge in [-0.25, -0.2) is 4.98 Å². The monoisotopic (exact) mass is 429 g/mol. The lowest BCUT2D eigenvalue weighted by Crippen LogP contribution is -2.42. The Morgan fingerprint density at radius 1 is 1.37 bits per heavy atom. The number of likely N-dealkylation sites (tertiary alicyclic amines) is 1. The predicted octanol–water partition coefficient (Wildman–Crippen LogP) is 3.59. The first-order valence-corrected chi connectivity index (χ1v) is 11.2. The van der Waals surface area contributed by atoms with Crippen LogP contribution in [0.4, 0.5) is 5.13 Å². The molecule has 8 heteroatoms. The molecule has 2 aliphatic rings. The highest BCUT2D eigenvalue weighted by atomic mass is 32.1. The summed E-state index contributed by atoms with van der Waals surface area (Å²) in [6, 6.07) is 5.29. The Bertz CT molecular complexity index is 940. The molecule has 1 N–H and O–H groups in total. The Kier molecular flexibility index (Phi) is 5.94. The van der Waals surface area contributed by atoms with E-state index < -0.39 is 6.04 Å². The molecular weight excluding hydrogens is 402 g/mol. The van der Waals surface area contributed by atoms with Crippen LogP contribution in [0.25, 0.3) is 0 Å². The van der Waals surface area contributed by atoms with Crippen molar-refractivity contribution in [3.05, 3.63) is 34.8 Å². The zero-order valence-electron chi connectivity index (χ0n) is 17.5. The third-order valence-electron chi connectivity index (χ3n) is 5.69. The molecule has 7 nitrogen and oxygen atoms in total. The number of benzene rings is 1. The molecule has 30 heavy (non-hydrogen) atoms. The van der Waals surface area contributed by atoms with Crippen molar-refractivity contribution in [3.8, 4) is 11.5 Å². The van der Waals surface area contributed by atoms with Gasteiger partial charge in [0.15, 0.2) is 16.6 Å². The molecule has 0 radical (unpaired) electrons. The number of aryl methyl sites for hydroxylation is 1. The zero-order chi connectivity index (χ0) is 21.3. The summed E-state index contributed by atoms with van der Waals surface area (Å²) in [6.07, 6.45) is 2.81. The number of ether oxygens (including phenoxy) is 2. The van der Waals surface area contributed by atoms with Gasteiger partial charge in [-0.3, -0.25) is 9.59 Å². The Morgan fingerprint density at radius 3 is 2.83 bits per heavy atom. The average Bonchev–Trinajstić information content (AvgIpc) is 3.36. The summed E-state index contributed by atoms with van der Waals surface area (Å²) in [5, 5.41) is 5.24. The highest BCUT2D eigenvalue weighted by Gasteiger charge is 2.36. The van der Waals surface area contributed by atoms with E-state index in [-0.39, 0.29) is 17.7 Å². The Morgan fingerprint density at radius 2 is 2.17 bits per heavy atom. The van der Waals surface area contributed by atoms with Gasteiger partial charge in [-0.15, -0.1) is 11.3 Å². The predicted molar refractivity (Wildman–Crippen MR) is 115 cm³/mol. The molecule has 2 heterocycles. The van der Waals surface area contributed by atoms with Gasteiger partial charge in [0.1, 0.15) is 6.04 Å². The number of amides is 2. The van der Waals surface area contributed by atoms with Crippen molar-refractivity contribution in [3.63, 3.8) is 0 Å². The summed E-state index contributed by atoms with van der Waals surface area (Å²) in [6.45, 7) is 4.83. The van der Waals surface area contributed by atoms with Gasteiger partial charge >= 0.3 is 0 Å². The third-order valence-corrected chi connectivity index (χ3v) is 6.56. The van der Waals surface area contributed by atoms with Gasteiger partial charge in [0.2, 0.25) is 11.8 Å². The fourth-order valence-electron chi connectivity index (χ4n) is 3.64. The number of hydrogen-bond donors (Lipinski definition) is 1. The maximum Gasteiger partial charge on any atom is 0.248 e. The second-order valence-electron chi connectivity index (χ2n) is 8.07. The van der Waals surface area contributed by atoms with E-state index in [9.17, 15) is 9.59 Å². The van der Waals surface area contributed by atoms with Gasteiger partial charge in [0.05, 0.1) is 19.4 Å². The SMILES string of the molecule is COc1ccc(C2CC(=O)N(C(C)C(=O)Nc3nc(C)cs3)C2)cc1OCC1CC1. The molecule has 2 atom stereocenters. The molecular formula is C22H27N3O4S. The zero-order valence-corrected chi connectivity index (χ0v) is 18.3. The van der Waals surface area contributed by atoms with Crippen LogP contribution in [0.3, 0.4) is 0 Å². The summed E-state index contributed by atoms with van der Waals surface area (Å²) in [4.78, 5) is 31.2. The lowest BCUT2D eigenvalue weighted by Gasteiger charge is -2.23. The number of methoxy groups -OCH3 is 1. The van der Waals surface area contributed by atoms with E-state index in [2.05, 4.69) is 10.3 Å². The van der Waals surface area contributed by atoms with Crippen molar-refractivity contribution >= 4 is 28.3 Å². The normalized spacial score (nSPS) is 19.6. The van der Waals surface area contributed by atoms with Crippen LogP contribution in [0.2, 0.25) is 0 Å². The van der Waals surface area contributed by atoms with E-state index in [1.165, 1.54) is 24.2 Å². The minimum atomic E-state index is -0.560. The molecule has 0 spiro atoms. The number of anilines is 1. The van der Waals surface area contributed by atoms with E-state index in [4.69, 9.17) is 9.47 Å². The molecule has 2 amide bonds. The molecule has 1 aromatic carbocycles. The molecule has 1 aliphatic heterocycles. The molecule has 0 bridgehead atoms. The lowest BCUT2D eigenvalue weighted by atomic mass is 9.98. The van der Waals surface area contributed by atoms with E-state index in [1.54, 1.807) is 18.9 Å². The van der Waals surface area contributed by atoms with Crippen LogP contribution in [0, 0.1) is 12.8 Å². The topological polar surface area (TPSA) is 80.8 Å². The van der Waals surface area contributed by atoms with Crippen LogP contribution in [-0.4, -0.2) is 48.0 Å². The molecule has 1 aromatic heterocycles. The second-order valence-corrected chi connectivity index (χ2v) is 8.93. The molecule has 2 aromatic rings. The van der Waals surface area contributed by atoms with Gasteiger partial charge in [-0.1, -0.05) is 6.07 Å². The van der Waals surface area contributed by atoms with Crippen molar-refractivity contribution in [2.24, 2.45) is 5.92 Å². The van der Waals surface area contributed by atoms with E-state index in [0.717, 1.165) is 17.0 Å². The average molecular weight is 430 g/mol. The van der Waals surface area contributed by atoms with Crippen LogP contribution in [0.15, 0.2) is 23.6 Å². The highest BCUT2D eigenvalue weighted by Crippen LogP contribution is 2.37. The van der Waals surface area contributed by atoms with Gasteiger partial charge in [-0.2, -0.15) is 0 Å². The number of nitrogens with one attached hydrogen (secondary N) is 1. The number of rotatable bonds is 8. The van der Waals surface area contributed by atoms with Gasteiger partial charge in [-0.05, 0) is 50.3 Å². The molecule has 2 unspecified atom stereocenters. The Labute approximate surface area is 180 Å². The van der Waals surface area contributed by atoms with Crippen LogP contribution < -0.4 is 14.8 Å². The summed E-state index contributed by atoms with van der Waals surface area (Å²) >= 11 is 1.38. The van der Waals surface area contributed by atoms with Crippen molar-refractivity contribution < 1.29 is 19.1 Å². The highest BCUT2D eigenvalue weighted by molar-refractivity contribution is 7.13. The maximum absolute atomic E-state index is 12.7. The standard InChI is InChI=1S/C22H27N3O4S/c1-13-12-30-22(23-13)24-21(27)14(2)25-10-17(9-20(25)26)16-6-7-18(28-3)19(8-16)29-11-15-4-5-15/h6-8,12,14-15,17H,4-5,9-11H2,1-3H3,(H,23,24,27). The van der Waals surface area contributed by atoms with Crippen LogP contribution in [0.5, 0.6) is 11.5 Å². The molecule has 1 saturated heterocycles. The minimum absolute atomic E-state index is 0.0176. The fourth-order valence-corrected chi connectivity index (χ4v) is 4.34. The summed E-state index contributed by atoms with van der Waals surface area (Å²) in [7, 11) is 1.63. The lowest BCUT2D eigenvalue weighted by molar-refractivity contribution is -0.134. The van der Waals surface area contributed by atoms with Crippen LogP contribution in [0.1, 0.15) is 43.4 Å². The first-order chi connectivity index (χ1) is 14.4. The smallest absolute Gasteiger partial charge is 0.248 e. The number of carbonyl (C=O) groups is 2. The van der Waals surface area contributed by atoms with Gasteiger partial charge < -0.3 is 19.7 Å². The van der Waals surface area contributed by atoms with Crippen molar-refractivity contribution in [2.45, 2.75) is 45.1 Å². The Balaban J connectivity index is 1.43. The van der Waals surface area contributed by atoms with Gasteiger partial charge in [0.25, 0.3) is 0 Å². The number of thiazole rings is 1. The number of aromatic nitrogens is 1. The van der Waals surface area contributed by atoms with Crippen molar-refractivity contribution in [1.82, 2.24) is 9.88 Å². The van der Waals surface area contributed by atoms with E-state index in [1.807, 2.05) is 30.5 Å². The van der Waals surface area contributed by atoms with Crippen molar-refractivity contribution in [2.75, 3.05) is 25.6 Å². The minimum Gasteiger partial charge on any atom is -0.493 e. The largest absolute Gasteiger partial charge is 0.493 e. The first kappa shape index (κ1) is 20.7. The molecule has 1 aliphatic carbocycles. The van der Waals surface area contributed by atoms with E-state index in [0.29, 0.717) is 36.4 Å². The number of hydrogen-bond acceptors (Lipinski definition) is 6.